The van der Waals surface area contributed by atoms with E-state index in [1.54, 1.807) is 23.9 Å². The average molecular weight is 383 g/mol. The number of nitrogens with zero attached hydrogens (tertiary/aromatic N) is 1. The molecule has 118 valence electrons. The highest BCUT2D eigenvalue weighted by Crippen LogP contribution is 2.36. The summed E-state index contributed by atoms with van der Waals surface area (Å²) in [5.41, 5.74) is 1.57. The topological polar surface area (TPSA) is 42.0 Å². The first-order valence-corrected chi connectivity index (χ1v) is 9.54. The summed E-state index contributed by atoms with van der Waals surface area (Å²) >= 11 is 15.2. The number of halogens is 2. The zero-order chi connectivity index (χ0) is 16.4. The summed E-state index contributed by atoms with van der Waals surface area (Å²) in [5, 5.41) is 4.41. The van der Waals surface area contributed by atoms with Gasteiger partial charge in [-0.1, -0.05) is 46.7 Å². The number of carbonyl (C=O) groups excluding carboxylic acids is 1. The Labute approximate surface area is 152 Å². The van der Waals surface area contributed by atoms with Crippen LogP contribution in [-0.4, -0.2) is 17.1 Å². The number of amides is 1. The molecule has 3 rings (SSSR count). The van der Waals surface area contributed by atoms with E-state index in [0.29, 0.717) is 27.1 Å². The van der Waals surface area contributed by atoms with E-state index < -0.39 is 0 Å². The maximum Gasteiger partial charge on any atom is 0.230 e. The molecule has 0 fully saturated rings. The predicted octanol–water partition coefficient (Wildman–Crippen LogP) is 5.51. The lowest BCUT2D eigenvalue weighted by Gasteiger charge is -2.03. The van der Waals surface area contributed by atoms with Crippen molar-refractivity contribution in [1.29, 1.82) is 0 Å². The van der Waals surface area contributed by atoms with E-state index in [9.17, 15) is 4.79 Å². The monoisotopic (exact) mass is 382 g/mol. The summed E-state index contributed by atoms with van der Waals surface area (Å²) in [6, 6.07) is 11.3. The van der Waals surface area contributed by atoms with Gasteiger partial charge in [-0.3, -0.25) is 4.79 Å². The zero-order valence-electron chi connectivity index (χ0n) is 12.1. The summed E-state index contributed by atoms with van der Waals surface area (Å²) in [6.07, 6.45) is 2.32. The van der Waals surface area contributed by atoms with Gasteiger partial charge in [-0.15, -0.1) is 11.8 Å². The number of thiazole rings is 1. The summed E-state index contributed by atoms with van der Waals surface area (Å²) in [7, 11) is 0. The average Bonchev–Trinajstić information content (AvgIpc) is 2.96. The molecule has 0 aliphatic heterocycles. The second-order valence-electron chi connectivity index (χ2n) is 4.80. The molecule has 3 aromatic rings. The molecule has 1 N–H and O–H groups in total. The number of rotatable bonds is 4. The molecule has 1 amide bonds. The number of anilines is 1. The number of hydrogen-bond donors (Lipinski definition) is 1. The third-order valence-corrected chi connectivity index (χ3v) is 5.70. The molecule has 0 atom stereocenters. The van der Waals surface area contributed by atoms with E-state index in [1.807, 2.05) is 30.5 Å². The van der Waals surface area contributed by atoms with Gasteiger partial charge in [0.1, 0.15) is 5.52 Å². The Balaban J connectivity index is 1.74. The van der Waals surface area contributed by atoms with E-state index in [-0.39, 0.29) is 5.91 Å². The molecule has 0 bridgehead atoms. The zero-order valence-corrected chi connectivity index (χ0v) is 15.2. The molecule has 0 saturated carbocycles. The molecule has 0 saturated heterocycles. The minimum absolute atomic E-state index is 0.117. The Morgan fingerprint density at radius 2 is 1.87 bits per heavy atom. The molecule has 23 heavy (non-hydrogen) atoms. The van der Waals surface area contributed by atoms with Crippen LogP contribution in [0.4, 0.5) is 5.13 Å². The normalized spacial score (nSPS) is 10.9. The van der Waals surface area contributed by atoms with E-state index in [1.165, 1.54) is 16.2 Å². The first-order valence-electron chi connectivity index (χ1n) is 6.74. The second-order valence-corrected chi connectivity index (χ2v) is 7.49. The molecule has 3 nitrogen and oxygen atoms in total. The molecular formula is C16H12Cl2N2OS2. The van der Waals surface area contributed by atoms with E-state index in [4.69, 9.17) is 23.2 Å². The largest absolute Gasteiger partial charge is 0.302 e. The van der Waals surface area contributed by atoms with Crippen LogP contribution in [-0.2, 0) is 11.2 Å². The van der Waals surface area contributed by atoms with Crippen molar-refractivity contribution < 1.29 is 4.79 Å². The van der Waals surface area contributed by atoms with Crippen molar-refractivity contribution >= 4 is 67.6 Å². The lowest BCUT2D eigenvalue weighted by Crippen LogP contribution is -2.14. The molecule has 1 aromatic heterocycles. The number of thioether (sulfide) groups is 1. The van der Waals surface area contributed by atoms with Gasteiger partial charge in [0.2, 0.25) is 5.91 Å². The highest BCUT2D eigenvalue weighted by atomic mass is 35.5. The van der Waals surface area contributed by atoms with Gasteiger partial charge in [0, 0.05) is 4.90 Å². The molecule has 7 heteroatoms. The molecule has 0 unspecified atom stereocenters. The molecule has 1 heterocycles. The summed E-state index contributed by atoms with van der Waals surface area (Å²) in [6.45, 7) is 0. The molecule has 0 radical (unpaired) electrons. The van der Waals surface area contributed by atoms with Gasteiger partial charge in [0.05, 0.1) is 21.2 Å². The number of nitrogens with one attached hydrogen (secondary N) is 1. The van der Waals surface area contributed by atoms with Crippen LogP contribution < -0.4 is 5.32 Å². The van der Waals surface area contributed by atoms with E-state index >= 15 is 0 Å². The van der Waals surface area contributed by atoms with Crippen molar-refractivity contribution in [2.75, 3.05) is 11.6 Å². The summed E-state index contributed by atoms with van der Waals surface area (Å²) in [5.74, 6) is -0.117. The fraction of sp³-hybridized carbons (Fsp3) is 0.125. The van der Waals surface area contributed by atoms with Gasteiger partial charge in [-0.05, 0) is 36.1 Å². The maximum absolute atomic E-state index is 12.2. The number of carbonyl (C=O) groups is 1. The van der Waals surface area contributed by atoms with Gasteiger partial charge >= 0.3 is 0 Å². The Morgan fingerprint density at radius 3 is 2.52 bits per heavy atom. The van der Waals surface area contributed by atoms with Crippen LogP contribution in [0.5, 0.6) is 0 Å². The standard InChI is InChI=1S/C16H12Cl2N2OS2/c1-22-10-4-2-9(3-5-10)8-13(21)19-16-20-14-11(17)6-7-12(18)15(14)23-16/h2-7H,8H2,1H3,(H,19,20,21). The number of benzene rings is 2. The highest BCUT2D eigenvalue weighted by molar-refractivity contribution is 7.98. The maximum atomic E-state index is 12.2. The molecular weight excluding hydrogens is 371 g/mol. The van der Waals surface area contributed by atoms with Crippen LogP contribution in [0.1, 0.15) is 5.56 Å². The minimum Gasteiger partial charge on any atom is -0.302 e. The lowest BCUT2D eigenvalue weighted by molar-refractivity contribution is -0.115. The van der Waals surface area contributed by atoms with Crippen LogP contribution >= 0.6 is 46.3 Å². The third kappa shape index (κ3) is 3.80. The van der Waals surface area contributed by atoms with Gasteiger partial charge in [-0.25, -0.2) is 4.98 Å². The SMILES string of the molecule is CSc1ccc(CC(=O)Nc2nc3c(Cl)ccc(Cl)c3s2)cc1. The van der Waals surface area contributed by atoms with Crippen molar-refractivity contribution in [3.63, 3.8) is 0 Å². The number of hydrogen-bond acceptors (Lipinski definition) is 4. The van der Waals surface area contributed by atoms with Crippen molar-refractivity contribution in [2.24, 2.45) is 0 Å². The highest BCUT2D eigenvalue weighted by Gasteiger charge is 2.13. The summed E-state index contributed by atoms with van der Waals surface area (Å²) < 4.78 is 0.777. The van der Waals surface area contributed by atoms with Crippen molar-refractivity contribution in [3.05, 3.63) is 52.0 Å². The number of aromatic nitrogens is 1. The fourth-order valence-electron chi connectivity index (χ4n) is 2.09. The first kappa shape index (κ1) is 16.6. The van der Waals surface area contributed by atoms with Crippen LogP contribution in [0.2, 0.25) is 10.0 Å². The van der Waals surface area contributed by atoms with Crippen molar-refractivity contribution in [3.8, 4) is 0 Å². The van der Waals surface area contributed by atoms with Gasteiger partial charge in [0.15, 0.2) is 5.13 Å². The van der Waals surface area contributed by atoms with Crippen molar-refractivity contribution in [2.45, 2.75) is 11.3 Å². The summed E-state index contributed by atoms with van der Waals surface area (Å²) in [4.78, 5) is 17.7. The number of fused-ring (bicyclic) bond motifs is 1. The Hall–Kier alpha value is -1.27. The molecule has 0 aliphatic carbocycles. The van der Waals surface area contributed by atoms with E-state index in [2.05, 4.69) is 10.3 Å². The third-order valence-electron chi connectivity index (χ3n) is 3.22. The Kier molecular flexibility index (Phi) is 5.11. The second kappa shape index (κ2) is 7.09. The Bertz CT molecular complexity index is 823. The molecule has 2 aromatic carbocycles. The quantitative estimate of drug-likeness (QED) is 0.605. The molecule has 0 spiro atoms. The van der Waals surface area contributed by atoms with Gasteiger partial charge in [-0.2, -0.15) is 0 Å². The molecule has 0 aliphatic rings. The predicted molar refractivity (Wildman–Crippen MR) is 100 cm³/mol. The minimum atomic E-state index is -0.117. The lowest BCUT2D eigenvalue weighted by atomic mass is 10.1. The van der Waals surface area contributed by atoms with E-state index in [0.717, 1.165) is 10.3 Å². The Morgan fingerprint density at radius 1 is 1.17 bits per heavy atom. The van der Waals surface area contributed by atoms with Gasteiger partial charge < -0.3 is 5.32 Å². The first-order chi connectivity index (χ1) is 11.1. The van der Waals surface area contributed by atoms with Crippen molar-refractivity contribution in [1.82, 2.24) is 4.98 Å². The van der Waals surface area contributed by atoms with Crippen LogP contribution in [0, 0.1) is 0 Å². The van der Waals surface area contributed by atoms with Crippen LogP contribution in [0.15, 0.2) is 41.3 Å². The van der Waals surface area contributed by atoms with Gasteiger partial charge in [0.25, 0.3) is 0 Å². The smallest absolute Gasteiger partial charge is 0.230 e. The fourth-order valence-corrected chi connectivity index (χ4v) is 3.94. The van der Waals surface area contributed by atoms with Crippen LogP contribution in [0.25, 0.3) is 10.2 Å². The van der Waals surface area contributed by atoms with Crippen LogP contribution in [0.3, 0.4) is 0 Å².